The lowest BCUT2D eigenvalue weighted by atomic mass is 9.98. The number of morpholine rings is 1. The van der Waals surface area contributed by atoms with Crippen molar-refractivity contribution >= 4 is 29.0 Å². The van der Waals surface area contributed by atoms with Crippen molar-refractivity contribution in [3.05, 3.63) is 65.7 Å². The van der Waals surface area contributed by atoms with Gasteiger partial charge in [-0.15, -0.1) is 0 Å². The fraction of sp³-hybridized carbons (Fsp3) is 0.304. The van der Waals surface area contributed by atoms with Crippen molar-refractivity contribution in [1.82, 2.24) is 15.2 Å². The minimum atomic E-state index is -0.292. The average Bonchev–Trinajstić information content (AvgIpc) is 2.78. The molecule has 0 saturated carbocycles. The Labute approximate surface area is 187 Å². The van der Waals surface area contributed by atoms with E-state index in [2.05, 4.69) is 21.9 Å². The van der Waals surface area contributed by atoms with Gasteiger partial charge in [0, 0.05) is 30.0 Å². The number of nitrogens with zero attached hydrogens (tertiary/aromatic N) is 3. The molecule has 0 spiro atoms. The second kappa shape index (κ2) is 10.5. The number of nitrogens with two attached hydrogens (primary N) is 2. The van der Waals surface area contributed by atoms with Crippen LogP contribution in [-0.4, -0.2) is 53.8 Å². The van der Waals surface area contributed by atoms with Crippen LogP contribution in [0.25, 0.3) is 5.57 Å². The molecule has 1 aliphatic carbocycles. The van der Waals surface area contributed by atoms with Crippen molar-refractivity contribution in [2.45, 2.75) is 19.8 Å². The van der Waals surface area contributed by atoms with Crippen LogP contribution < -0.4 is 16.8 Å². The number of allylic oxidation sites excluding steroid dienone is 4. The quantitative estimate of drug-likeness (QED) is 0.353. The zero-order valence-electron chi connectivity index (χ0n) is 18.1. The number of ether oxygens (including phenoxy) is 1. The van der Waals surface area contributed by atoms with Crippen LogP contribution in [0.1, 0.15) is 35.8 Å². The Morgan fingerprint density at radius 2 is 2.03 bits per heavy atom. The van der Waals surface area contributed by atoms with Crippen LogP contribution in [0.2, 0.25) is 0 Å². The van der Waals surface area contributed by atoms with Crippen molar-refractivity contribution < 1.29 is 14.3 Å². The molecule has 168 valence electrons. The molecule has 2 heterocycles. The highest BCUT2D eigenvalue weighted by Gasteiger charge is 2.21. The molecule has 1 aromatic rings. The summed E-state index contributed by atoms with van der Waals surface area (Å²) in [5.74, 6) is 0.0849. The van der Waals surface area contributed by atoms with Crippen molar-refractivity contribution in [2.75, 3.05) is 26.3 Å². The van der Waals surface area contributed by atoms with Gasteiger partial charge < -0.3 is 26.4 Å². The Bertz CT molecular complexity index is 1030. The van der Waals surface area contributed by atoms with E-state index in [0.29, 0.717) is 61.2 Å². The highest BCUT2D eigenvalue weighted by atomic mass is 16.5. The molecule has 0 radical (unpaired) electrons. The van der Waals surface area contributed by atoms with Gasteiger partial charge in [0.25, 0.3) is 5.91 Å². The maximum absolute atomic E-state index is 13.1. The predicted molar refractivity (Wildman–Crippen MR) is 124 cm³/mol. The van der Waals surface area contributed by atoms with Crippen molar-refractivity contribution in [1.29, 1.82) is 0 Å². The van der Waals surface area contributed by atoms with Crippen molar-refractivity contribution in [3.63, 3.8) is 0 Å². The van der Waals surface area contributed by atoms with Gasteiger partial charge in [0.1, 0.15) is 5.84 Å². The van der Waals surface area contributed by atoms with Crippen LogP contribution >= 0.6 is 0 Å². The van der Waals surface area contributed by atoms with Gasteiger partial charge in [-0.2, -0.15) is 0 Å². The summed E-state index contributed by atoms with van der Waals surface area (Å²) in [5, 5.41) is 2.77. The zero-order valence-corrected chi connectivity index (χ0v) is 18.1. The van der Waals surface area contributed by atoms with Crippen LogP contribution in [0.5, 0.6) is 0 Å². The number of rotatable bonds is 6. The van der Waals surface area contributed by atoms with Gasteiger partial charge in [-0.05, 0) is 55.7 Å². The molecule has 0 atom stereocenters. The molecule has 1 fully saturated rings. The largest absolute Gasteiger partial charge is 0.402 e. The van der Waals surface area contributed by atoms with Gasteiger partial charge >= 0.3 is 0 Å². The maximum atomic E-state index is 13.1. The molecule has 0 unspecified atom stereocenters. The van der Waals surface area contributed by atoms with Crippen molar-refractivity contribution in [2.24, 2.45) is 16.5 Å². The van der Waals surface area contributed by atoms with E-state index in [9.17, 15) is 9.59 Å². The van der Waals surface area contributed by atoms with E-state index in [1.54, 1.807) is 24.0 Å². The highest BCUT2D eigenvalue weighted by Crippen LogP contribution is 2.28. The van der Waals surface area contributed by atoms with Gasteiger partial charge in [-0.3, -0.25) is 9.59 Å². The summed E-state index contributed by atoms with van der Waals surface area (Å²) in [5.41, 5.74) is 14.8. The molecule has 3 rings (SSSR count). The fourth-order valence-corrected chi connectivity index (χ4v) is 3.39. The number of amides is 2. The van der Waals surface area contributed by atoms with Crippen LogP contribution in [0, 0.1) is 0 Å². The third-order valence-corrected chi connectivity index (χ3v) is 4.87. The first-order valence-corrected chi connectivity index (χ1v) is 10.4. The molecule has 0 aromatic carbocycles. The first-order chi connectivity index (χ1) is 15.4. The molecule has 2 aliphatic rings. The van der Waals surface area contributed by atoms with E-state index in [4.69, 9.17) is 16.2 Å². The van der Waals surface area contributed by atoms with E-state index in [0.717, 1.165) is 12.0 Å². The standard InChI is InChI=1S/C23H28N6O3/c1-3-22(30)26-18-6-4-5-16(12-18)19-13-17(23(31)29-7-9-32-10-8-29)14-21(27-19)28-20(25)11-15(2)24/h3,6,11-14H,1,4-5,7-10,24H2,2H3,(H,26,30)(H2,25,27,28)/b15-11-. The number of nitrogens with one attached hydrogen (secondary N) is 1. The van der Waals surface area contributed by atoms with E-state index >= 15 is 0 Å². The molecule has 1 saturated heterocycles. The van der Waals surface area contributed by atoms with Gasteiger partial charge in [0.15, 0.2) is 5.82 Å². The summed E-state index contributed by atoms with van der Waals surface area (Å²) < 4.78 is 5.35. The molecule has 32 heavy (non-hydrogen) atoms. The number of amidine groups is 1. The topological polar surface area (TPSA) is 136 Å². The highest BCUT2D eigenvalue weighted by molar-refractivity contribution is 5.97. The van der Waals surface area contributed by atoms with E-state index in [1.807, 2.05) is 12.2 Å². The Kier molecular flexibility index (Phi) is 7.56. The third kappa shape index (κ3) is 6.14. The minimum Gasteiger partial charge on any atom is -0.402 e. The monoisotopic (exact) mass is 436 g/mol. The van der Waals surface area contributed by atoms with Crippen LogP contribution in [0.3, 0.4) is 0 Å². The molecular formula is C23H28N6O3. The Morgan fingerprint density at radius 3 is 2.72 bits per heavy atom. The second-order valence-electron chi connectivity index (χ2n) is 7.49. The van der Waals surface area contributed by atoms with Gasteiger partial charge in [0.2, 0.25) is 5.91 Å². The number of carbonyl (C=O) groups is 2. The molecule has 0 bridgehead atoms. The first kappa shape index (κ1) is 23.0. The molecule has 2 amide bonds. The Balaban J connectivity index is 2.00. The SMILES string of the molecule is C=CC(=O)NC1=CCCC(c2cc(C(=O)N3CCOCC3)cc(N=C(N)/C=C(/C)N)n2)=C1. The summed E-state index contributed by atoms with van der Waals surface area (Å²) in [6.45, 7) is 7.24. The number of aliphatic imine (C=N–C) groups is 1. The van der Waals surface area contributed by atoms with E-state index in [-0.39, 0.29) is 17.6 Å². The van der Waals surface area contributed by atoms with Crippen LogP contribution in [-0.2, 0) is 9.53 Å². The number of hydrogen-bond acceptors (Lipinski definition) is 6. The number of aromatic nitrogens is 1. The number of carbonyl (C=O) groups excluding carboxylic acids is 2. The number of hydrogen-bond donors (Lipinski definition) is 3. The summed E-state index contributed by atoms with van der Waals surface area (Å²) in [6.07, 6.45) is 7.94. The molecule has 9 heteroatoms. The third-order valence-electron chi connectivity index (χ3n) is 4.87. The summed E-state index contributed by atoms with van der Waals surface area (Å²) >= 11 is 0. The summed E-state index contributed by atoms with van der Waals surface area (Å²) in [7, 11) is 0. The predicted octanol–water partition coefficient (Wildman–Crippen LogP) is 1.77. The normalized spacial score (nSPS) is 17.3. The molecule has 9 nitrogen and oxygen atoms in total. The summed E-state index contributed by atoms with van der Waals surface area (Å²) in [6, 6.07) is 3.37. The molecule has 5 N–H and O–H groups in total. The van der Waals surface area contributed by atoms with Crippen LogP contribution in [0.15, 0.2) is 59.4 Å². The molecular weight excluding hydrogens is 408 g/mol. The lowest BCUT2D eigenvalue weighted by molar-refractivity contribution is -0.115. The van der Waals surface area contributed by atoms with E-state index in [1.165, 1.54) is 12.2 Å². The van der Waals surface area contributed by atoms with Gasteiger partial charge in [-0.1, -0.05) is 12.7 Å². The smallest absolute Gasteiger partial charge is 0.254 e. The minimum absolute atomic E-state index is 0.121. The molecule has 1 aliphatic heterocycles. The van der Waals surface area contributed by atoms with Gasteiger partial charge in [0.05, 0.1) is 18.9 Å². The van der Waals surface area contributed by atoms with E-state index < -0.39 is 0 Å². The first-order valence-electron chi connectivity index (χ1n) is 10.4. The van der Waals surface area contributed by atoms with Crippen LogP contribution in [0.4, 0.5) is 5.82 Å². The maximum Gasteiger partial charge on any atom is 0.254 e. The zero-order chi connectivity index (χ0) is 23.1. The Hall–Kier alpha value is -3.72. The lowest BCUT2D eigenvalue weighted by Crippen LogP contribution is -2.40. The Morgan fingerprint density at radius 1 is 1.28 bits per heavy atom. The van der Waals surface area contributed by atoms with Gasteiger partial charge in [-0.25, -0.2) is 9.98 Å². The summed E-state index contributed by atoms with van der Waals surface area (Å²) in [4.78, 5) is 35.5. The average molecular weight is 437 g/mol. The number of pyridine rings is 1. The molecule has 1 aromatic heterocycles. The lowest BCUT2D eigenvalue weighted by Gasteiger charge is -2.27. The van der Waals surface area contributed by atoms with Crippen molar-refractivity contribution in [3.8, 4) is 0 Å². The fourth-order valence-electron chi connectivity index (χ4n) is 3.39. The second-order valence-corrected chi connectivity index (χ2v) is 7.49.